The number of hydrogen-bond acceptors (Lipinski definition) is 3. The van der Waals surface area contributed by atoms with Crippen LogP contribution in [0.15, 0.2) is 0 Å². The number of thiocarbonyl (C=S) groups is 1. The zero-order valence-electron chi connectivity index (χ0n) is 12.0. The van der Waals surface area contributed by atoms with Crippen molar-refractivity contribution in [1.82, 2.24) is 10.2 Å². The van der Waals surface area contributed by atoms with Gasteiger partial charge < -0.3 is 20.1 Å². The Morgan fingerprint density at radius 3 is 2.68 bits per heavy atom. The molecule has 0 amide bonds. The van der Waals surface area contributed by atoms with Crippen LogP contribution in [0.1, 0.15) is 46.0 Å². The number of nitrogens with zero attached hydrogens (tertiary/aromatic N) is 1. The Morgan fingerprint density at radius 1 is 1.37 bits per heavy atom. The molecule has 19 heavy (non-hydrogen) atoms. The summed E-state index contributed by atoms with van der Waals surface area (Å²) in [5.74, 6) is 0. The molecule has 110 valence electrons. The number of aliphatic hydroxyl groups is 1. The van der Waals surface area contributed by atoms with Crippen molar-refractivity contribution in [2.45, 2.75) is 63.7 Å². The summed E-state index contributed by atoms with van der Waals surface area (Å²) in [6.07, 6.45) is 6.24. The molecule has 4 nitrogen and oxygen atoms in total. The van der Waals surface area contributed by atoms with Crippen LogP contribution in [0.3, 0.4) is 0 Å². The van der Waals surface area contributed by atoms with Gasteiger partial charge in [-0.05, 0) is 38.9 Å². The molecule has 1 aliphatic carbocycles. The first-order valence-corrected chi connectivity index (χ1v) is 7.75. The summed E-state index contributed by atoms with van der Waals surface area (Å²) in [5, 5.41) is 13.6. The molecule has 1 aliphatic heterocycles. The summed E-state index contributed by atoms with van der Waals surface area (Å²) >= 11 is 5.54. The van der Waals surface area contributed by atoms with Gasteiger partial charge in [0, 0.05) is 19.1 Å². The predicted molar refractivity (Wildman–Crippen MR) is 80.2 cm³/mol. The molecule has 1 atom stereocenters. The van der Waals surface area contributed by atoms with E-state index in [-0.39, 0.29) is 18.3 Å². The van der Waals surface area contributed by atoms with Gasteiger partial charge >= 0.3 is 0 Å². The van der Waals surface area contributed by atoms with Crippen molar-refractivity contribution < 1.29 is 9.84 Å². The molecule has 1 unspecified atom stereocenters. The highest BCUT2D eigenvalue weighted by Gasteiger charge is 2.34. The van der Waals surface area contributed by atoms with Crippen LogP contribution in [0.25, 0.3) is 0 Å². The monoisotopic (exact) mass is 286 g/mol. The highest BCUT2D eigenvalue weighted by Crippen LogP contribution is 2.22. The summed E-state index contributed by atoms with van der Waals surface area (Å²) in [7, 11) is 0. The molecule has 5 heteroatoms. The van der Waals surface area contributed by atoms with Gasteiger partial charge in [-0.3, -0.25) is 0 Å². The Balaban J connectivity index is 1.89. The van der Waals surface area contributed by atoms with Gasteiger partial charge in [0.25, 0.3) is 0 Å². The van der Waals surface area contributed by atoms with E-state index in [2.05, 4.69) is 10.2 Å². The Hall–Kier alpha value is -0.390. The van der Waals surface area contributed by atoms with Crippen molar-refractivity contribution in [3.05, 3.63) is 0 Å². The van der Waals surface area contributed by atoms with Crippen LogP contribution in [0.2, 0.25) is 0 Å². The molecule has 0 aromatic heterocycles. The Labute approximate surface area is 121 Å². The maximum absolute atomic E-state index is 9.33. The van der Waals surface area contributed by atoms with Gasteiger partial charge in [0.15, 0.2) is 5.11 Å². The van der Waals surface area contributed by atoms with E-state index < -0.39 is 0 Å². The third kappa shape index (κ3) is 4.29. The van der Waals surface area contributed by atoms with E-state index in [4.69, 9.17) is 17.0 Å². The molecule has 0 aromatic rings. The van der Waals surface area contributed by atoms with Crippen molar-refractivity contribution in [3.8, 4) is 0 Å². The van der Waals surface area contributed by atoms with E-state index in [9.17, 15) is 5.11 Å². The van der Waals surface area contributed by atoms with Crippen molar-refractivity contribution in [3.63, 3.8) is 0 Å². The van der Waals surface area contributed by atoms with E-state index in [1.165, 1.54) is 32.1 Å². The lowest BCUT2D eigenvalue weighted by atomic mass is 9.96. The van der Waals surface area contributed by atoms with Gasteiger partial charge in [-0.25, -0.2) is 0 Å². The maximum atomic E-state index is 9.33. The highest BCUT2D eigenvalue weighted by atomic mass is 32.1. The molecule has 0 spiro atoms. The summed E-state index contributed by atoms with van der Waals surface area (Å²) < 4.78 is 5.81. The average Bonchev–Trinajstić information content (AvgIpc) is 2.38. The van der Waals surface area contributed by atoms with E-state index in [1.807, 2.05) is 13.8 Å². The molecule has 1 saturated heterocycles. The molecule has 0 radical (unpaired) electrons. The van der Waals surface area contributed by atoms with Crippen LogP contribution in [-0.2, 0) is 4.74 Å². The van der Waals surface area contributed by atoms with E-state index in [0.717, 1.165) is 11.7 Å². The molecule has 0 bridgehead atoms. The minimum absolute atomic E-state index is 0.0476. The van der Waals surface area contributed by atoms with Crippen molar-refractivity contribution in [2.75, 3.05) is 19.7 Å². The topological polar surface area (TPSA) is 44.7 Å². The van der Waals surface area contributed by atoms with Crippen LogP contribution < -0.4 is 5.32 Å². The second-order valence-electron chi connectivity index (χ2n) is 6.35. The van der Waals surface area contributed by atoms with E-state index >= 15 is 0 Å². The lowest BCUT2D eigenvalue weighted by Gasteiger charge is -2.44. The number of hydrogen-bond donors (Lipinski definition) is 2. The molecule has 2 rings (SSSR count). The zero-order valence-corrected chi connectivity index (χ0v) is 12.8. The number of morpholine rings is 1. The van der Waals surface area contributed by atoms with Gasteiger partial charge in [0.05, 0.1) is 18.3 Å². The molecule has 2 N–H and O–H groups in total. The van der Waals surface area contributed by atoms with Gasteiger partial charge in [-0.2, -0.15) is 0 Å². The first kappa shape index (κ1) is 15.0. The zero-order chi connectivity index (χ0) is 13.9. The number of aliphatic hydroxyl groups excluding tert-OH is 1. The van der Waals surface area contributed by atoms with Crippen LogP contribution in [0, 0.1) is 0 Å². The third-order valence-corrected chi connectivity index (χ3v) is 4.28. The Bertz CT molecular complexity index is 317. The fourth-order valence-corrected chi connectivity index (χ4v) is 3.36. The largest absolute Gasteiger partial charge is 0.394 e. The van der Waals surface area contributed by atoms with Gasteiger partial charge in [-0.1, -0.05) is 19.3 Å². The van der Waals surface area contributed by atoms with Crippen molar-refractivity contribution in [2.24, 2.45) is 0 Å². The van der Waals surface area contributed by atoms with Crippen molar-refractivity contribution >= 4 is 17.3 Å². The Kier molecular flexibility index (Phi) is 5.03. The maximum Gasteiger partial charge on any atom is 0.169 e. The minimum atomic E-state index is -0.260. The summed E-state index contributed by atoms with van der Waals surface area (Å²) in [6.45, 7) is 5.60. The van der Waals surface area contributed by atoms with Gasteiger partial charge in [-0.15, -0.1) is 0 Å². The summed E-state index contributed by atoms with van der Waals surface area (Å²) in [4.78, 5) is 2.15. The molecule has 2 aliphatic rings. The average molecular weight is 286 g/mol. The lowest BCUT2D eigenvalue weighted by Crippen LogP contribution is -2.58. The van der Waals surface area contributed by atoms with Gasteiger partial charge in [0.1, 0.15) is 0 Å². The SMILES string of the molecule is CC1(C)CN(C(=S)NC2CCCCC2)CC(CO)O1. The minimum Gasteiger partial charge on any atom is -0.394 e. The Morgan fingerprint density at radius 2 is 2.05 bits per heavy atom. The third-order valence-electron chi connectivity index (χ3n) is 3.90. The summed E-state index contributed by atoms with van der Waals surface area (Å²) in [5.41, 5.74) is -0.260. The normalized spacial score (nSPS) is 28.2. The summed E-state index contributed by atoms with van der Waals surface area (Å²) in [6, 6.07) is 0.528. The molecule has 1 saturated carbocycles. The fraction of sp³-hybridized carbons (Fsp3) is 0.929. The van der Waals surface area contributed by atoms with Gasteiger partial charge in [0.2, 0.25) is 0 Å². The second-order valence-corrected chi connectivity index (χ2v) is 6.73. The molecule has 2 fully saturated rings. The molecular weight excluding hydrogens is 260 g/mol. The standard InChI is InChI=1S/C14H26N2O2S/c1-14(2)10-16(8-12(9-17)18-14)13(19)15-11-6-4-3-5-7-11/h11-12,17H,3-10H2,1-2H3,(H,15,19). The number of nitrogens with one attached hydrogen (secondary N) is 1. The molecular formula is C14H26N2O2S. The van der Waals surface area contributed by atoms with Crippen LogP contribution in [0.5, 0.6) is 0 Å². The first-order chi connectivity index (χ1) is 9.00. The molecule has 0 aromatic carbocycles. The van der Waals surface area contributed by atoms with Crippen LogP contribution in [0.4, 0.5) is 0 Å². The molecule has 1 heterocycles. The van der Waals surface area contributed by atoms with E-state index in [1.54, 1.807) is 0 Å². The smallest absolute Gasteiger partial charge is 0.169 e. The quantitative estimate of drug-likeness (QED) is 0.756. The fourth-order valence-electron chi connectivity index (χ4n) is 3.06. The van der Waals surface area contributed by atoms with E-state index in [0.29, 0.717) is 12.6 Å². The number of rotatable bonds is 2. The van der Waals surface area contributed by atoms with Crippen molar-refractivity contribution in [1.29, 1.82) is 0 Å². The highest BCUT2D eigenvalue weighted by molar-refractivity contribution is 7.80. The van der Waals surface area contributed by atoms with Crippen LogP contribution in [-0.4, -0.2) is 52.6 Å². The van der Waals surface area contributed by atoms with Crippen LogP contribution >= 0.6 is 12.2 Å². The number of ether oxygens (including phenoxy) is 1. The first-order valence-electron chi connectivity index (χ1n) is 7.34. The second kappa shape index (κ2) is 6.37. The lowest BCUT2D eigenvalue weighted by molar-refractivity contribution is -0.134. The predicted octanol–water partition coefficient (Wildman–Crippen LogP) is 1.67.